The van der Waals surface area contributed by atoms with E-state index < -0.39 is 243 Å². The average molecular weight is 1050 g/mol. The molecular formula is C39H66O32. The lowest BCUT2D eigenvalue weighted by molar-refractivity contribution is -0.405. The molecular weight excluding hydrogens is 980 g/mol. The molecule has 22 saturated heterocycles. The van der Waals surface area contributed by atoms with Crippen LogP contribution in [0.1, 0.15) is 0 Å². The molecule has 0 aromatic heterocycles. The molecule has 22 fully saturated rings. The molecule has 12 bridgehead atoms. The lowest BCUT2D eigenvalue weighted by atomic mass is 9.94. The Hall–Kier alpha value is -1.28. The summed E-state index contributed by atoms with van der Waals surface area (Å²) in [6.45, 7) is -7.72. The highest BCUT2D eigenvalue weighted by molar-refractivity contribution is 5.01. The summed E-state index contributed by atoms with van der Waals surface area (Å²) in [7, 11) is 0. The van der Waals surface area contributed by atoms with Crippen molar-refractivity contribution in [2.24, 2.45) is 0 Å². The van der Waals surface area contributed by atoms with Gasteiger partial charge in [-0.15, -0.1) is 0 Å². The lowest BCUT2D eigenvalue weighted by Crippen LogP contribution is -2.69. The predicted octanol–water partition coefficient (Wildman–Crippen LogP) is -13.7. The van der Waals surface area contributed by atoms with Crippen molar-refractivity contribution < 1.29 is 159 Å². The standard InChI is InChI=1S/C39H66O32/c40-1-9(47)8-59-33-26(58)39-65-15(7-46)32(33)71-38-25(57)20(52)30(13(5-44)64-38)69-36-23(55)18(50)28(11(3-42)62-36)67-34-21(53)16(48)27(10(2-41)60-34)66-35-22(54)17(49)29(12(4-43)61-35)68-37-24(56)19(51)31(70-39)14(6-45)63-37/h9-58H,1-8H2/t9?,10-,11-,12-,13-,14-,15-,16-,17-,18-,19-,20-,21-,22-,23-,24-,25-,26-,27-,28-,29-,30-,31-,32+,33-,34-,35-,36-,37-,38-,39-/m1/s1. The molecule has 19 N–H and O–H groups in total. The van der Waals surface area contributed by atoms with E-state index in [0.717, 1.165) is 0 Å². The summed E-state index contributed by atoms with van der Waals surface area (Å²) in [5.41, 5.74) is 0. The summed E-state index contributed by atoms with van der Waals surface area (Å²) in [5, 5.41) is 206. The van der Waals surface area contributed by atoms with Crippen molar-refractivity contribution in [3.8, 4) is 0 Å². The number of ether oxygens (including phenoxy) is 13. The van der Waals surface area contributed by atoms with E-state index in [9.17, 15) is 97.0 Å². The van der Waals surface area contributed by atoms with Gasteiger partial charge in [0.2, 0.25) is 0 Å². The Kier molecular flexibility index (Phi) is 20.1. The van der Waals surface area contributed by atoms with Gasteiger partial charge in [-0.25, -0.2) is 0 Å². The summed E-state index contributed by atoms with van der Waals surface area (Å²) >= 11 is 0. The van der Waals surface area contributed by atoms with Crippen LogP contribution in [0.4, 0.5) is 0 Å². The molecule has 0 spiro atoms. The second kappa shape index (κ2) is 24.8. The maximum atomic E-state index is 11.7. The third-order valence-corrected chi connectivity index (χ3v) is 13.3. The Balaban J connectivity index is 1.22. The number of hydrogen-bond acceptors (Lipinski definition) is 32. The highest BCUT2D eigenvalue weighted by atomic mass is 16.8. The molecule has 0 amide bonds. The Morgan fingerprint density at radius 1 is 0.282 bits per heavy atom. The largest absolute Gasteiger partial charge is 0.394 e. The van der Waals surface area contributed by atoms with E-state index in [1.807, 2.05) is 0 Å². The first kappa shape index (κ1) is 57.4. The minimum atomic E-state index is -2.19. The van der Waals surface area contributed by atoms with Crippen LogP contribution in [-0.2, 0) is 61.6 Å². The maximum Gasteiger partial charge on any atom is 0.187 e. The van der Waals surface area contributed by atoms with Crippen LogP contribution in [0.2, 0.25) is 0 Å². The Morgan fingerprint density at radius 3 is 0.718 bits per heavy atom. The van der Waals surface area contributed by atoms with Gasteiger partial charge in [0.1, 0.15) is 153 Å². The van der Waals surface area contributed by atoms with Gasteiger partial charge in [0, 0.05) is 0 Å². The summed E-state index contributed by atoms with van der Waals surface area (Å²) in [6.07, 6.45) is -60.4. The lowest BCUT2D eigenvalue weighted by Gasteiger charge is -2.51. The second-order valence-corrected chi connectivity index (χ2v) is 18.0. The summed E-state index contributed by atoms with van der Waals surface area (Å²) in [6, 6.07) is 0. The normalized spacial score (nSPS) is 52.8. The van der Waals surface area contributed by atoms with E-state index in [1.54, 1.807) is 0 Å². The average Bonchev–Trinajstić information content (AvgIpc) is 3.36. The van der Waals surface area contributed by atoms with Crippen LogP contribution in [0.25, 0.3) is 0 Å². The molecule has 22 aliphatic heterocycles. The fourth-order valence-electron chi connectivity index (χ4n) is 9.38. The number of aliphatic hydroxyl groups excluding tert-OH is 19. The van der Waals surface area contributed by atoms with Gasteiger partial charge in [-0.1, -0.05) is 0 Å². The van der Waals surface area contributed by atoms with Gasteiger partial charge in [-0.05, 0) is 0 Å². The molecule has 71 heavy (non-hydrogen) atoms. The molecule has 0 aliphatic carbocycles. The van der Waals surface area contributed by atoms with Crippen molar-refractivity contribution in [1.82, 2.24) is 0 Å². The molecule has 22 rings (SSSR count). The quantitative estimate of drug-likeness (QED) is 0.0966. The van der Waals surface area contributed by atoms with Gasteiger partial charge in [0.15, 0.2) is 37.7 Å². The van der Waals surface area contributed by atoms with Gasteiger partial charge >= 0.3 is 0 Å². The van der Waals surface area contributed by atoms with E-state index in [-0.39, 0.29) is 0 Å². The molecule has 1 unspecified atom stereocenters. The highest BCUT2D eigenvalue weighted by Gasteiger charge is 2.59. The van der Waals surface area contributed by atoms with Crippen LogP contribution in [0.3, 0.4) is 0 Å². The molecule has 22 heterocycles. The van der Waals surface area contributed by atoms with Crippen molar-refractivity contribution in [2.45, 2.75) is 190 Å². The molecule has 32 nitrogen and oxygen atoms in total. The monoisotopic (exact) mass is 1050 g/mol. The molecule has 0 radical (unpaired) electrons. The van der Waals surface area contributed by atoms with Crippen molar-refractivity contribution >= 4 is 0 Å². The smallest absolute Gasteiger partial charge is 0.187 e. The van der Waals surface area contributed by atoms with Crippen LogP contribution in [0, 0.1) is 0 Å². The first-order valence-electron chi connectivity index (χ1n) is 22.8. The fourth-order valence-corrected chi connectivity index (χ4v) is 9.38. The zero-order chi connectivity index (χ0) is 51.7. The molecule has 22 aliphatic rings. The number of rotatable bonds is 10. The van der Waals surface area contributed by atoms with Crippen molar-refractivity contribution in [2.75, 3.05) is 52.9 Å². The third kappa shape index (κ3) is 11.7. The minimum absolute atomic E-state index is 0.746. The van der Waals surface area contributed by atoms with Crippen LogP contribution < -0.4 is 0 Å². The minimum Gasteiger partial charge on any atom is -0.394 e. The molecule has 414 valence electrons. The molecule has 32 heteroatoms. The summed E-state index contributed by atoms with van der Waals surface area (Å²) in [5.74, 6) is 0. The van der Waals surface area contributed by atoms with E-state index >= 15 is 0 Å². The van der Waals surface area contributed by atoms with Crippen LogP contribution in [-0.4, -0.2) is 340 Å². The van der Waals surface area contributed by atoms with Crippen molar-refractivity contribution in [1.29, 1.82) is 0 Å². The van der Waals surface area contributed by atoms with Crippen molar-refractivity contribution in [3.63, 3.8) is 0 Å². The van der Waals surface area contributed by atoms with E-state index in [1.165, 1.54) is 0 Å². The number of hydrogen-bond donors (Lipinski definition) is 19. The highest BCUT2D eigenvalue weighted by Crippen LogP contribution is 2.38. The first-order valence-corrected chi connectivity index (χ1v) is 22.8. The van der Waals surface area contributed by atoms with E-state index in [4.69, 9.17) is 61.6 Å². The Labute approximate surface area is 401 Å². The second-order valence-electron chi connectivity index (χ2n) is 18.0. The zero-order valence-corrected chi connectivity index (χ0v) is 37.4. The van der Waals surface area contributed by atoms with Gasteiger partial charge < -0.3 is 159 Å². The molecule has 0 aromatic carbocycles. The predicted molar refractivity (Wildman–Crippen MR) is 213 cm³/mol. The molecule has 0 saturated carbocycles. The maximum absolute atomic E-state index is 11.7. The van der Waals surface area contributed by atoms with Gasteiger partial charge in [0.05, 0.1) is 52.9 Å². The fraction of sp³-hybridized carbons (Fsp3) is 1.00. The molecule has 31 atom stereocenters. The third-order valence-electron chi connectivity index (χ3n) is 13.3. The van der Waals surface area contributed by atoms with E-state index in [0.29, 0.717) is 0 Å². The number of aliphatic hydroxyl groups is 19. The SMILES string of the molecule is OCC(O)CO[C@@H]1[C@@H](O)[C@H]2O[C@H]3[C@H](O)[C@@H](O)[C@@H](O[C@H]4[C@H](O)[C@@H](O)[C@@H](O[C@H]5[C@H](O)[C@@H](O)[C@@H](O[C@H]6[C@H](O)[C@@H](O)[C@@H](O[C@H]7[C@H](O)[C@@H](O)[C@@H](O[C@H]1[C@@H](CO)O2)O[C@@H]7CO)O[C@@H]6CO)O[C@@H]5CO)O[C@@H]4CO)O[C@@H]3CO. The molecule has 0 aromatic rings. The summed E-state index contributed by atoms with van der Waals surface area (Å²) < 4.78 is 74.5. The first-order chi connectivity index (χ1) is 33.9. The zero-order valence-electron chi connectivity index (χ0n) is 37.4. The Bertz CT molecular complexity index is 1610. The van der Waals surface area contributed by atoms with Crippen molar-refractivity contribution in [3.05, 3.63) is 0 Å². The van der Waals surface area contributed by atoms with Gasteiger partial charge in [-0.2, -0.15) is 0 Å². The summed E-state index contributed by atoms with van der Waals surface area (Å²) in [4.78, 5) is 0. The van der Waals surface area contributed by atoms with Crippen LogP contribution in [0.15, 0.2) is 0 Å². The van der Waals surface area contributed by atoms with Gasteiger partial charge in [0.25, 0.3) is 0 Å². The topological polar surface area (TPSA) is 504 Å². The Morgan fingerprint density at radius 2 is 0.493 bits per heavy atom. The van der Waals surface area contributed by atoms with Gasteiger partial charge in [-0.3, -0.25) is 0 Å². The van der Waals surface area contributed by atoms with Crippen LogP contribution in [0.5, 0.6) is 0 Å². The van der Waals surface area contributed by atoms with E-state index in [2.05, 4.69) is 0 Å². The van der Waals surface area contributed by atoms with Crippen LogP contribution >= 0.6 is 0 Å².